The molecule has 0 aliphatic rings. The molecule has 1 N–H and O–H groups in total. The van der Waals surface area contributed by atoms with Crippen molar-refractivity contribution in [3.05, 3.63) is 17.5 Å². The van der Waals surface area contributed by atoms with E-state index >= 15 is 0 Å². The number of H-pyrrole nitrogens is 1. The fourth-order valence-corrected chi connectivity index (χ4v) is 0.728. The summed E-state index contributed by atoms with van der Waals surface area (Å²) in [4.78, 5) is 11.0. The minimum atomic E-state index is -0.378. The Morgan fingerprint density at radius 2 is 2.64 bits per heavy atom. The molecule has 0 unspecified atom stereocenters. The second-order valence-corrected chi connectivity index (χ2v) is 2.16. The number of esters is 1. The molecule has 1 aromatic rings. The van der Waals surface area contributed by atoms with Crippen molar-refractivity contribution in [3.63, 3.8) is 0 Å². The van der Waals surface area contributed by atoms with E-state index in [1.54, 1.807) is 13.0 Å². The Balaban J connectivity index is 0.00000121. The van der Waals surface area contributed by atoms with Crippen LogP contribution in [0.4, 0.5) is 0 Å². The number of rotatable bonds is 2. The Labute approximate surface area is 66.0 Å². The van der Waals surface area contributed by atoms with E-state index in [1.807, 2.05) is 6.92 Å². The van der Waals surface area contributed by atoms with Crippen LogP contribution >= 0.6 is 0 Å². The summed E-state index contributed by atoms with van der Waals surface area (Å²) in [5.41, 5.74) is 1.19. The lowest BCUT2D eigenvalue weighted by Gasteiger charge is -1.94. The van der Waals surface area contributed by atoms with Gasteiger partial charge >= 0.3 is 5.97 Å². The van der Waals surface area contributed by atoms with Crippen LogP contribution in [-0.2, 0) is 4.74 Å². The van der Waals surface area contributed by atoms with Crippen LogP contribution in [0.3, 0.4) is 0 Å². The molecule has 62 valence electrons. The minimum Gasteiger partial charge on any atom is -0.461 e. The summed E-state index contributed by atoms with van der Waals surface area (Å²) < 4.78 is 4.72. The smallest absolute Gasteiger partial charge is 0.358 e. The van der Waals surface area contributed by atoms with Crippen molar-refractivity contribution in [3.8, 4) is 0 Å². The SMILES string of the molecule is CCOC(=O)c1cc(C)[nH]n1.[HH]. The quantitative estimate of drug-likeness (QED) is 0.653. The number of aromatic nitrogens is 2. The third-order valence-corrected chi connectivity index (χ3v) is 1.19. The third-order valence-electron chi connectivity index (χ3n) is 1.19. The molecule has 4 nitrogen and oxygen atoms in total. The number of carbonyl (C=O) groups is 1. The molecule has 0 amide bonds. The van der Waals surface area contributed by atoms with Crippen LogP contribution in [0.5, 0.6) is 0 Å². The maximum atomic E-state index is 11.0. The van der Waals surface area contributed by atoms with Gasteiger partial charge in [-0.2, -0.15) is 5.10 Å². The number of hydrogen-bond acceptors (Lipinski definition) is 3. The topological polar surface area (TPSA) is 55.0 Å². The van der Waals surface area contributed by atoms with E-state index in [1.165, 1.54) is 0 Å². The lowest BCUT2D eigenvalue weighted by Crippen LogP contribution is -2.04. The second-order valence-electron chi connectivity index (χ2n) is 2.16. The molecule has 0 bridgehead atoms. The Bertz CT molecular complexity index is 260. The van der Waals surface area contributed by atoms with Crippen LogP contribution in [0.1, 0.15) is 24.5 Å². The molecular weight excluding hydrogens is 144 g/mol. The lowest BCUT2D eigenvalue weighted by atomic mass is 10.4. The van der Waals surface area contributed by atoms with Gasteiger partial charge in [0.25, 0.3) is 0 Å². The highest BCUT2D eigenvalue weighted by molar-refractivity contribution is 5.87. The Kier molecular flexibility index (Phi) is 2.25. The van der Waals surface area contributed by atoms with Crippen molar-refractivity contribution < 1.29 is 11.0 Å². The van der Waals surface area contributed by atoms with Crippen LogP contribution in [0.2, 0.25) is 0 Å². The molecular formula is C7H12N2O2. The molecule has 0 atom stereocenters. The van der Waals surface area contributed by atoms with Gasteiger partial charge in [0.1, 0.15) is 0 Å². The zero-order valence-corrected chi connectivity index (χ0v) is 6.55. The zero-order valence-electron chi connectivity index (χ0n) is 6.55. The highest BCUT2D eigenvalue weighted by atomic mass is 16.5. The van der Waals surface area contributed by atoms with Crippen molar-refractivity contribution in [2.24, 2.45) is 0 Å². The minimum absolute atomic E-state index is 0. The van der Waals surface area contributed by atoms with Crippen LogP contribution in [-0.4, -0.2) is 22.8 Å². The first-order valence-corrected chi connectivity index (χ1v) is 3.43. The maximum Gasteiger partial charge on any atom is 0.358 e. The van der Waals surface area contributed by atoms with Gasteiger partial charge in [0.15, 0.2) is 5.69 Å². The van der Waals surface area contributed by atoms with Crippen molar-refractivity contribution in [2.75, 3.05) is 6.61 Å². The largest absolute Gasteiger partial charge is 0.461 e. The molecule has 0 aliphatic heterocycles. The molecule has 4 heteroatoms. The second kappa shape index (κ2) is 3.18. The van der Waals surface area contributed by atoms with Crippen molar-refractivity contribution in [2.45, 2.75) is 13.8 Å². The standard InChI is InChI=1S/C7H10N2O2.H2/c1-3-11-7(10)6-4-5(2)8-9-6;/h4H,3H2,1-2H3,(H,8,9);1H. The molecule has 1 aromatic heterocycles. The number of nitrogens with one attached hydrogen (secondary N) is 1. The first-order chi connectivity index (χ1) is 5.24. The summed E-state index contributed by atoms with van der Waals surface area (Å²) in [6, 6.07) is 1.65. The van der Waals surface area contributed by atoms with Crippen LogP contribution < -0.4 is 0 Å². The van der Waals surface area contributed by atoms with E-state index in [9.17, 15) is 4.79 Å². The molecule has 0 radical (unpaired) electrons. The summed E-state index contributed by atoms with van der Waals surface area (Å²) >= 11 is 0. The summed E-state index contributed by atoms with van der Waals surface area (Å²) in [7, 11) is 0. The average molecular weight is 156 g/mol. The van der Waals surface area contributed by atoms with Gasteiger partial charge < -0.3 is 4.74 Å². The van der Waals surface area contributed by atoms with Gasteiger partial charge in [-0.15, -0.1) is 0 Å². The molecule has 0 saturated carbocycles. The summed E-state index contributed by atoms with van der Waals surface area (Å²) in [5.74, 6) is -0.378. The van der Waals surface area contributed by atoms with E-state index in [4.69, 9.17) is 4.74 Å². The number of aryl methyl sites for hydroxylation is 1. The van der Waals surface area contributed by atoms with Crippen LogP contribution in [0, 0.1) is 6.92 Å². The monoisotopic (exact) mass is 156 g/mol. The average Bonchev–Trinajstić information content (AvgIpc) is 2.36. The number of carbonyl (C=O) groups excluding carboxylic acids is 1. The van der Waals surface area contributed by atoms with E-state index < -0.39 is 0 Å². The van der Waals surface area contributed by atoms with E-state index in [-0.39, 0.29) is 7.40 Å². The van der Waals surface area contributed by atoms with Gasteiger partial charge in [-0.3, -0.25) is 5.10 Å². The van der Waals surface area contributed by atoms with Gasteiger partial charge in [-0.05, 0) is 19.9 Å². The normalized spacial score (nSPS) is 9.64. The van der Waals surface area contributed by atoms with Gasteiger partial charge in [0.05, 0.1) is 6.61 Å². The number of hydrogen-bond donors (Lipinski definition) is 1. The Hall–Kier alpha value is -1.32. The first-order valence-electron chi connectivity index (χ1n) is 3.43. The predicted molar refractivity (Wildman–Crippen MR) is 41.4 cm³/mol. The Morgan fingerprint density at radius 1 is 1.91 bits per heavy atom. The summed E-state index contributed by atoms with van der Waals surface area (Å²) in [6.07, 6.45) is 0. The lowest BCUT2D eigenvalue weighted by molar-refractivity contribution is 0.0519. The maximum absolute atomic E-state index is 11.0. The number of ether oxygens (including phenoxy) is 1. The molecule has 11 heavy (non-hydrogen) atoms. The van der Waals surface area contributed by atoms with Gasteiger partial charge in [-0.25, -0.2) is 4.79 Å². The van der Waals surface area contributed by atoms with Gasteiger partial charge in [-0.1, -0.05) is 0 Å². The number of nitrogens with zero attached hydrogens (tertiary/aromatic N) is 1. The zero-order chi connectivity index (χ0) is 8.27. The third kappa shape index (κ3) is 1.80. The first kappa shape index (κ1) is 7.78. The molecule has 1 rings (SSSR count). The van der Waals surface area contributed by atoms with Gasteiger partial charge in [0, 0.05) is 7.12 Å². The summed E-state index contributed by atoms with van der Waals surface area (Å²) in [6.45, 7) is 3.97. The fraction of sp³-hybridized carbons (Fsp3) is 0.429. The molecule has 0 spiro atoms. The van der Waals surface area contributed by atoms with E-state index in [2.05, 4.69) is 10.2 Å². The van der Waals surface area contributed by atoms with Crippen molar-refractivity contribution in [1.29, 1.82) is 0 Å². The van der Waals surface area contributed by atoms with Crippen molar-refractivity contribution in [1.82, 2.24) is 10.2 Å². The summed E-state index contributed by atoms with van der Waals surface area (Å²) in [5, 5.41) is 6.39. The van der Waals surface area contributed by atoms with E-state index in [0.717, 1.165) is 5.69 Å². The molecule has 0 aromatic carbocycles. The van der Waals surface area contributed by atoms with Crippen LogP contribution in [0.15, 0.2) is 6.07 Å². The van der Waals surface area contributed by atoms with Crippen LogP contribution in [0.25, 0.3) is 0 Å². The molecule has 0 fully saturated rings. The molecule has 1 heterocycles. The predicted octanol–water partition coefficient (Wildman–Crippen LogP) is 1.14. The molecule has 0 saturated heterocycles. The van der Waals surface area contributed by atoms with Crippen molar-refractivity contribution >= 4 is 5.97 Å². The van der Waals surface area contributed by atoms with E-state index in [0.29, 0.717) is 12.3 Å². The highest BCUT2D eigenvalue weighted by Gasteiger charge is 2.08. The number of aromatic amines is 1. The molecule has 0 aliphatic carbocycles. The van der Waals surface area contributed by atoms with Gasteiger partial charge in [0.2, 0.25) is 0 Å². The fourth-order valence-electron chi connectivity index (χ4n) is 0.728. The Morgan fingerprint density at radius 3 is 3.09 bits per heavy atom. The highest BCUT2D eigenvalue weighted by Crippen LogP contribution is 1.99.